The number of carbonyl (C=O) groups excluding carboxylic acids is 2. The van der Waals surface area contributed by atoms with Crippen LogP contribution in [0.2, 0.25) is 0 Å². The normalized spacial score (nSPS) is 10.8. The maximum atomic E-state index is 13.7. The van der Waals surface area contributed by atoms with E-state index in [0.29, 0.717) is 0 Å². The van der Waals surface area contributed by atoms with Crippen molar-refractivity contribution in [2.45, 2.75) is 13.2 Å². The molecule has 0 bridgehead atoms. The molecule has 0 saturated heterocycles. The molecule has 0 atom stereocenters. The van der Waals surface area contributed by atoms with E-state index in [1.807, 2.05) is 0 Å². The molecular formula is C22H10F8O4. The summed E-state index contributed by atoms with van der Waals surface area (Å²) in [6.45, 7) is -2.08. The largest absolute Gasteiger partial charge is 0.457 e. The van der Waals surface area contributed by atoms with Crippen molar-refractivity contribution in [3.05, 3.63) is 105 Å². The summed E-state index contributed by atoms with van der Waals surface area (Å²) in [7, 11) is 0. The first-order chi connectivity index (χ1) is 16.0. The van der Waals surface area contributed by atoms with Crippen LogP contribution in [0.15, 0.2) is 36.4 Å². The smallest absolute Gasteiger partial charge is 0.339 e. The Morgan fingerprint density at radius 3 is 1.26 bits per heavy atom. The van der Waals surface area contributed by atoms with Gasteiger partial charge in [0.25, 0.3) is 0 Å². The molecule has 0 aliphatic rings. The third-order valence-corrected chi connectivity index (χ3v) is 4.44. The highest BCUT2D eigenvalue weighted by atomic mass is 19.2. The first-order valence-corrected chi connectivity index (χ1v) is 9.09. The van der Waals surface area contributed by atoms with Gasteiger partial charge >= 0.3 is 11.9 Å². The highest BCUT2D eigenvalue weighted by Crippen LogP contribution is 2.22. The van der Waals surface area contributed by atoms with Crippen molar-refractivity contribution in [1.82, 2.24) is 0 Å². The first kappa shape index (κ1) is 24.7. The van der Waals surface area contributed by atoms with Crippen LogP contribution in [-0.4, -0.2) is 11.9 Å². The Kier molecular flexibility index (Phi) is 7.18. The molecule has 0 aromatic heterocycles. The quantitative estimate of drug-likeness (QED) is 0.198. The standard InChI is InChI=1S/C22H10F8O4/c23-13-5-9(15(25)19(29)17(13)27)7-33-21(31)11-3-1-2-4-12(11)22(32)34-8-10-6-14(24)18(28)20(30)16(10)26/h1-6H,7-8H2. The number of esters is 2. The Hall–Kier alpha value is -3.96. The lowest BCUT2D eigenvalue weighted by Crippen LogP contribution is -2.15. The lowest BCUT2D eigenvalue weighted by Gasteiger charge is -2.11. The summed E-state index contributed by atoms with van der Waals surface area (Å²) in [4.78, 5) is 24.7. The number of rotatable bonds is 6. The number of halogens is 8. The lowest BCUT2D eigenvalue weighted by atomic mass is 10.1. The Labute approximate surface area is 185 Å². The van der Waals surface area contributed by atoms with Gasteiger partial charge in [-0.25, -0.2) is 44.7 Å². The van der Waals surface area contributed by atoms with Gasteiger partial charge in [-0.1, -0.05) is 12.1 Å². The van der Waals surface area contributed by atoms with Crippen LogP contribution < -0.4 is 0 Å². The average Bonchev–Trinajstić information content (AvgIpc) is 2.83. The van der Waals surface area contributed by atoms with Gasteiger partial charge in [0.2, 0.25) is 0 Å². The Morgan fingerprint density at radius 1 is 0.559 bits per heavy atom. The molecule has 0 N–H and O–H groups in total. The molecule has 0 spiro atoms. The van der Waals surface area contributed by atoms with E-state index in [4.69, 9.17) is 9.47 Å². The molecule has 34 heavy (non-hydrogen) atoms. The number of carbonyl (C=O) groups is 2. The molecule has 4 nitrogen and oxygen atoms in total. The van der Waals surface area contributed by atoms with Gasteiger partial charge in [-0.05, 0) is 24.3 Å². The van der Waals surface area contributed by atoms with Crippen molar-refractivity contribution >= 4 is 11.9 Å². The Morgan fingerprint density at radius 2 is 0.912 bits per heavy atom. The maximum absolute atomic E-state index is 13.7. The zero-order chi connectivity index (χ0) is 25.2. The fourth-order valence-corrected chi connectivity index (χ4v) is 2.73. The van der Waals surface area contributed by atoms with Crippen LogP contribution in [0.3, 0.4) is 0 Å². The molecule has 0 saturated carbocycles. The fourth-order valence-electron chi connectivity index (χ4n) is 2.73. The van der Waals surface area contributed by atoms with Gasteiger partial charge in [0, 0.05) is 11.1 Å². The highest BCUT2D eigenvalue weighted by Gasteiger charge is 2.24. The predicted molar refractivity (Wildman–Crippen MR) is 97.2 cm³/mol. The van der Waals surface area contributed by atoms with Crippen LogP contribution in [0.1, 0.15) is 31.8 Å². The first-order valence-electron chi connectivity index (χ1n) is 9.09. The molecular weight excluding hydrogens is 480 g/mol. The summed E-state index contributed by atoms with van der Waals surface area (Å²) in [5.74, 6) is -18.0. The second kappa shape index (κ2) is 9.89. The van der Waals surface area contributed by atoms with Crippen molar-refractivity contribution in [1.29, 1.82) is 0 Å². The minimum absolute atomic E-state index is 0.275. The maximum Gasteiger partial charge on any atom is 0.339 e. The zero-order valence-electron chi connectivity index (χ0n) is 16.5. The summed E-state index contributed by atoms with van der Waals surface area (Å²) in [5.41, 5.74) is -2.62. The molecule has 0 aliphatic heterocycles. The second-order valence-corrected chi connectivity index (χ2v) is 6.62. The molecule has 12 heteroatoms. The van der Waals surface area contributed by atoms with Gasteiger partial charge in [-0.3, -0.25) is 0 Å². The Bertz CT molecular complexity index is 1190. The van der Waals surface area contributed by atoms with E-state index in [0.717, 1.165) is 12.1 Å². The molecule has 0 amide bonds. The number of ether oxygens (including phenoxy) is 2. The van der Waals surface area contributed by atoms with Crippen LogP contribution >= 0.6 is 0 Å². The van der Waals surface area contributed by atoms with Crippen molar-refractivity contribution in [2.75, 3.05) is 0 Å². The molecule has 0 aliphatic carbocycles. The van der Waals surface area contributed by atoms with E-state index >= 15 is 0 Å². The van der Waals surface area contributed by atoms with Gasteiger partial charge < -0.3 is 9.47 Å². The third kappa shape index (κ3) is 4.85. The van der Waals surface area contributed by atoms with Crippen LogP contribution in [0.5, 0.6) is 0 Å². The lowest BCUT2D eigenvalue weighted by molar-refractivity contribution is 0.0419. The molecule has 0 fully saturated rings. The summed E-state index contributed by atoms with van der Waals surface area (Å²) >= 11 is 0. The van der Waals surface area contributed by atoms with E-state index < -0.39 is 93.9 Å². The van der Waals surface area contributed by atoms with Gasteiger partial charge in [0.1, 0.15) is 13.2 Å². The fraction of sp³-hybridized carbons (Fsp3) is 0.0909. The van der Waals surface area contributed by atoms with Crippen molar-refractivity contribution < 1.29 is 54.2 Å². The zero-order valence-corrected chi connectivity index (χ0v) is 16.5. The number of hydrogen-bond acceptors (Lipinski definition) is 4. The van der Waals surface area contributed by atoms with Crippen LogP contribution in [0.25, 0.3) is 0 Å². The van der Waals surface area contributed by atoms with Gasteiger partial charge in [-0.15, -0.1) is 0 Å². The van der Waals surface area contributed by atoms with Gasteiger partial charge in [0.15, 0.2) is 46.5 Å². The minimum atomic E-state index is -2.11. The highest BCUT2D eigenvalue weighted by molar-refractivity contribution is 6.03. The monoisotopic (exact) mass is 490 g/mol. The number of benzene rings is 3. The van der Waals surface area contributed by atoms with Crippen molar-refractivity contribution in [2.24, 2.45) is 0 Å². The second-order valence-electron chi connectivity index (χ2n) is 6.62. The molecule has 3 aromatic rings. The SMILES string of the molecule is O=C(OCc1cc(F)c(F)c(F)c1F)c1ccccc1C(=O)OCc1cc(F)c(F)c(F)c1F. The third-order valence-electron chi connectivity index (χ3n) is 4.44. The molecule has 0 radical (unpaired) electrons. The predicted octanol–water partition coefficient (Wildman–Crippen LogP) is 5.51. The van der Waals surface area contributed by atoms with Gasteiger partial charge in [-0.2, -0.15) is 0 Å². The van der Waals surface area contributed by atoms with Crippen molar-refractivity contribution in [3.8, 4) is 0 Å². The van der Waals surface area contributed by atoms with Gasteiger partial charge in [0.05, 0.1) is 11.1 Å². The molecule has 3 rings (SSSR count). The Balaban J connectivity index is 1.76. The van der Waals surface area contributed by atoms with Crippen LogP contribution in [-0.2, 0) is 22.7 Å². The van der Waals surface area contributed by atoms with E-state index in [1.165, 1.54) is 12.1 Å². The van der Waals surface area contributed by atoms with E-state index in [9.17, 15) is 44.7 Å². The van der Waals surface area contributed by atoms with E-state index in [-0.39, 0.29) is 12.1 Å². The minimum Gasteiger partial charge on any atom is -0.457 e. The van der Waals surface area contributed by atoms with Crippen LogP contribution in [0.4, 0.5) is 35.1 Å². The van der Waals surface area contributed by atoms with Crippen LogP contribution in [0, 0.1) is 46.5 Å². The van der Waals surface area contributed by atoms with Crippen molar-refractivity contribution in [3.63, 3.8) is 0 Å². The summed E-state index contributed by atoms with van der Waals surface area (Å²) in [6.07, 6.45) is 0. The topological polar surface area (TPSA) is 52.6 Å². The molecule has 0 heterocycles. The van der Waals surface area contributed by atoms with E-state index in [1.54, 1.807) is 0 Å². The molecule has 178 valence electrons. The summed E-state index contributed by atoms with van der Waals surface area (Å²) in [6, 6.07) is 5.20. The molecule has 3 aromatic carbocycles. The summed E-state index contributed by atoms with van der Waals surface area (Å²) < 4.78 is 116. The summed E-state index contributed by atoms with van der Waals surface area (Å²) in [5, 5.41) is 0. The molecule has 0 unspecified atom stereocenters. The average molecular weight is 490 g/mol. The van der Waals surface area contributed by atoms with E-state index in [2.05, 4.69) is 0 Å². The number of hydrogen-bond donors (Lipinski definition) is 0.